The van der Waals surface area contributed by atoms with Crippen molar-refractivity contribution in [2.75, 3.05) is 32.8 Å². The fraction of sp³-hybridized carbons (Fsp3) is 0.630. The molecule has 1 atom stereocenters. The van der Waals surface area contributed by atoms with Crippen LogP contribution >= 0.6 is 0 Å². The summed E-state index contributed by atoms with van der Waals surface area (Å²) in [5.74, 6) is 0.143. The number of carbonyl (C=O) groups excluding carboxylic acids is 1. The predicted octanol–water partition coefficient (Wildman–Crippen LogP) is 3.72. The maximum absolute atomic E-state index is 13.3. The van der Waals surface area contributed by atoms with Crippen LogP contribution in [0.25, 0.3) is 0 Å². The van der Waals surface area contributed by atoms with Gasteiger partial charge >= 0.3 is 0 Å². The van der Waals surface area contributed by atoms with E-state index < -0.39 is 0 Å². The van der Waals surface area contributed by atoms with Crippen LogP contribution in [0.5, 0.6) is 0 Å². The van der Waals surface area contributed by atoms with Gasteiger partial charge in [-0.25, -0.2) is 0 Å². The highest BCUT2D eigenvalue weighted by atomic mass is 16.5. The molecule has 1 amide bonds. The number of hydrogen-bond acceptors (Lipinski definition) is 4. The molecule has 33 heavy (non-hydrogen) atoms. The molecular weight excluding hydrogens is 412 g/mol. The molecule has 0 unspecified atom stereocenters. The highest BCUT2D eigenvalue weighted by Gasteiger charge is 2.36. The average molecular weight is 451 g/mol. The van der Waals surface area contributed by atoms with E-state index in [9.17, 15) is 4.79 Å². The van der Waals surface area contributed by atoms with Crippen molar-refractivity contribution in [1.29, 1.82) is 0 Å². The summed E-state index contributed by atoms with van der Waals surface area (Å²) in [6.07, 6.45) is 8.35. The number of ether oxygens (including phenoxy) is 1. The third kappa shape index (κ3) is 4.60. The van der Waals surface area contributed by atoms with Gasteiger partial charge in [-0.15, -0.1) is 0 Å². The first-order valence-corrected chi connectivity index (χ1v) is 12.9. The number of amides is 1. The van der Waals surface area contributed by atoms with Crippen molar-refractivity contribution in [2.45, 2.75) is 76.3 Å². The van der Waals surface area contributed by atoms with Gasteiger partial charge in [0.25, 0.3) is 5.91 Å². The third-order valence-corrected chi connectivity index (χ3v) is 7.94. The number of aryl methyl sites for hydroxylation is 1. The van der Waals surface area contributed by atoms with E-state index in [4.69, 9.17) is 9.84 Å². The average Bonchev–Trinajstić information content (AvgIpc) is 3.53. The van der Waals surface area contributed by atoms with Crippen LogP contribution in [0.3, 0.4) is 0 Å². The Kier molecular flexibility index (Phi) is 6.84. The molecule has 0 spiro atoms. The van der Waals surface area contributed by atoms with Crippen molar-refractivity contribution < 1.29 is 9.53 Å². The summed E-state index contributed by atoms with van der Waals surface area (Å²) in [4.78, 5) is 15.3. The second-order valence-corrected chi connectivity index (χ2v) is 10.1. The summed E-state index contributed by atoms with van der Waals surface area (Å²) < 4.78 is 7.84. The predicted molar refractivity (Wildman–Crippen MR) is 130 cm³/mol. The fourth-order valence-electron chi connectivity index (χ4n) is 5.96. The molecular formula is C27H38N4O2. The molecule has 0 radical (unpaired) electrons. The largest absolute Gasteiger partial charge is 0.381 e. The molecule has 1 aromatic carbocycles. The normalized spacial score (nSPS) is 22.3. The minimum atomic E-state index is 0.125. The van der Waals surface area contributed by atoms with Crippen LogP contribution in [-0.4, -0.2) is 59.5 Å². The molecule has 1 aliphatic carbocycles. The Morgan fingerprint density at radius 1 is 1.18 bits per heavy atom. The fourth-order valence-corrected chi connectivity index (χ4v) is 5.96. The van der Waals surface area contributed by atoms with Crippen LogP contribution in [-0.2, 0) is 29.5 Å². The zero-order valence-electron chi connectivity index (χ0n) is 20.0. The summed E-state index contributed by atoms with van der Waals surface area (Å²) in [5, 5.41) is 8.78. The molecule has 2 aliphatic heterocycles. The molecule has 6 heteroatoms. The number of aromatic nitrogens is 2. The molecule has 2 saturated heterocycles. The van der Waals surface area contributed by atoms with E-state index in [1.807, 2.05) is 4.90 Å². The Morgan fingerprint density at radius 3 is 2.67 bits per heavy atom. The Labute approximate surface area is 197 Å². The zero-order valence-corrected chi connectivity index (χ0v) is 20.0. The summed E-state index contributed by atoms with van der Waals surface area (Å²) in [7, 11) is 0. The molecule has 6 nitrogen and oxygen atoms in total. The van der Waals surface area contributed by atoms with Crippen molar-refractivity contribution in [2.24, 2.45) is 0 Å². The van der Waals surface area contributed by atoms with Gasteiger partial charge in [0.15, 0.2) is 5.69 Å². The quantitative estimate of drug-likeness (QED) is 0.698. The van der Waals surface area contributed by atoms with Crippen molar-refractivity contribution in [3.05, 3.63) is 52.8 Å². The number of carbonyl (C=O) groups is 1. The maximum atomic E-state index is 13.3. The van der Waals surface area contributed by atoms with Gasteiger partial charge in [-0.1, -0.05) is 37.3 Å². The van der Waals surface area contributed by atoms with Crippen molar-refractivity contribution in [3.63, 3.8) is 0 Å². The number of fused-ring (bicyclic) bond motifs is 1. The van der Waals surface area contributed by atoms with Gasteiger partial charge in [0.1, 0.15) is 0 Å². The van der Waals surface area contributed by atoms with Crippen LogP contribution in [0.2, 0.25) is 0 Å². The number of nitrogens with zero attached hydrogens (tertiary/aromatic N) is 3. The molecule has 1 aromatic heterocycles. The van der Waals surface area contributed by atoms with Gasteiger partial charge in [0, 0.05) is 62.1 Å². The first kappa shape index (κ1) is 22.6. The van der Waals surface area contributed by atoms with E-state index in [2.05, 4.69) is 47.3 Å². The molecule has 0 bridgehead atoms. The topological polar surface area (TPSA) is 59.4 Å². The lowest BCUT2D eigenvalue weighted by Crippen LogP contribution is -2.47. The SMILES string of the molecule is CCCn1nc(C(=O)N2CCCC2)c2c1CC[C@@H](NCC1(c3ccccc3)CCOCC1)C2. The Morgan fingerprint density at radius 2 is 1.94 bits per heavy atom. The molecule has 2 aromatic rings. The van der Waals surface area contributed by atoms with E-state index in [1.54, 1.807) is 0 Å². The molecule has 178 valence electrons. The monoisotopic (exact) mass is 450 g/mol. The van der Waals surface area contributed by atoms with Gasteiger partial charge in [-0.2, -0.15) is 5.10 Å². The lowest BCUT2D eigenvalue weighted by molar-refractivity contribution is 0.0486. The first-order chi connectivity index (χ1) is 16.2. The van der Waals surface area contributed by atoms with E-state index in [-0.39, 0.29) is 11.3 Å². The molecule has 3 heterocycles. The van der Waals surface area contributed by atoms with Crippen molar-refractivity contribution >= 4 is 5.91 Å². The second kappa shape index (κ2) is 9.98. The van der Waals surface area contributed by atoms with Crippen molar-refractivity contribution in [3.8, 4) is 0 Å². The molecule has 5 rings (SSSR count). The number of rotatable bonds is 7. The Bertz CT molecular complexity index is 943. The highest BCUT2D eigenvalue weighted by molar-refractivity contribution is 5.94. The Hall–Kier alpha value is -2.18. The number of nitrogens with one attached hydrogen (secondary N) is 1. The van der Waals surface area contributed by atoms with Crippen LogP contribution in [0.15, 0.2) is 30.3 Å². The molecule has 1 N–H and O–H groups in total. The molecule has 2 fully saturated rings. The Balaban J connectivity index is 1.34. The molecule has 0 saturated carbocycles. The van der Waals surface area contributed by atoms with Crippen LogP contribution in [0.4, 0.5) is 0 Å². The smallest absolute Gasteiger partial charge is 0.274 e. The van der Waals surface area contributed by atoms with Gasteiger partial charge in [0.05, 0.1) is 0 Å². The number of hydrogen-bond donors (Lipinski definition) is 1. The zero-order chi connectivity index (χ0) is 22.7. The van der Waals surface area contributed by atoms with Gasteiger partial charge < -0.3 is 15.0 Å². The first-order valence-electron chi connectivity index (χ1n) is 12.9. The second-order valence-electron chi connectivity index (χ2n) is 10.1. The van der Waals surface area contributed by atoms with Crippen LogP contribution < -0.4 is 5.32 Å². The van der Waals surface area contributed by atoms with Gasteiger partial charge in [-0.05, 0) is 56.9 Å². The van der Waals surface area contributed by atoms with Crippen molar-refractivity contribution in [1.82, 2.24) is 20.0 Å². The lowest BCUT2D eigenvalue weighted by atomic mass is 9.73. The van der Waals surface area contributed by atoms with E-state index in [1.165, 1.54) is 16.8 Å². The summed E-state index contributed by atoms with van der Waals surface area (Å²) in [5.41, 5.74) is 4.75. The molecule has 3 aliphatic rings. The van der Waals surface area contributed by atoms with Crippen LogP contribution in [0.1, 0.15) is 72.8 Å². The number of likely N-dealkylation sites (tertiary alicyclic amines) is 1. The summed E-state index contributed by atoms with van der Waals surface area (Å²) in [6, 6.07) is 11.3. The standard InChI is InChI=1S/C27H38N4O2/c1-2-14-31-24-11-10-22(19-23(24)25(29-31)26(32)30-15-6-7-16-30)28-20-27(12-17-33-18-13-27)21-8-4-3-5-9-21/h3-5,8-9,22,28H,2,6-7,10-20H2,1H3/t22-/m1/s1. The minimum absolute atomic E-state index is 0.125. The van der Waals surface area contributed by atoms with E-state index >= 15 is 0 Å². The highest BCUT2D eigenvalue weighted by Crippen LogP contribution is 2.35. The third-order valence-electron chi connectivity index (χ3n) is 7.94. The van der Waals surface area contributed by atoms with Gasteiger partial charge in [0.2, 0.25) is 0 Å². The van der Waals surface area contributed by atoms with E-state index in [0.717, 1.165) is 96.5 Å². The number of benzene rings is 1. The van der Waals surface area contributed by atoms with E-state index in [0.29, 0.717) is 6.04 Å². The van der Waals surface area contributed by atoms with Gasteiger partial charge in [-0.3, -0.25) is 9.48 Å². The minimum Gasteiger partial charge on any atom is -0.381 e. The summed E-state index contributed by atoms with van der Waals surface area (Å²) >= 11 is 0. The maximum Gasteiger partial charge on any atom is 0.274 e. The lowest BCUT2D eigenvalue weighted by Gasteiger charge is -2.39. The summed E-state index contributed by atoms with van der Waals surface area (Å²) in [6.45, 7) is 7.42. The van der Waals surface area contributed by atoms with Crippen LogP contribution in [0, 0.1) is 0 Å².